The maximum Gasteiger partial charge on any atom is 0.214 e. The molecular weight excluding hydrogens is 256 g/mol. The summed E-state index contributed by atoms with van der Waals surface area (Å²) in [5.74, 6) is 0.524. The fourth-order valence-electron chi connectivity index (χ4n) is 2.70. The molecule has 4 rings (SSSR count). The van der Waals surface area contributed by atoms with Crippen molar-refractivity contribution in [1.29, 1.82) is 0 Å². The topological polar surface area (TPSA) is 56.2 Å². The van der Waals surface area contributed by atoms with Crippen molar-refractivity contribution in [3.8, 4) is 10.6 Å². The van der Waals surface area contributed by atoms with E-state index in [4.69, 9.17) is 5.73 Å². The molecule has 2 heterocycles. The normalized spacial score (nSPS) is 14.7. The van der Waals surface area contributed by atoms with Crippen LogP contribution < -0.4 is 5.73 Å². The molecule has 4 nitrogen and oxygen atoms in total. The van der Waals surface area contributed by atoms with Gasteiger partial charge in [-0.15, -0.1) is 0 Å². The Bertz CT molecular complexity index is 724. The van der Waals surface area contributed by atoms with Crippen molar-refractivity contribution in [3.05, 3.63) is 35.5 Å². The lowest BCUT2D eigenvalue weighted by Crippen LogP contribution is -2.02. The molecule has 1 aromatic carbocycles. The molecule has 96 valence electrons. The molecular formula is C14H14N4S. The zero-order valence-electron chi connectivity index (χ0n) is 10.5. The van der Waals surface area contributed by atoms with Gasteiger partial charge in [0.05, 0.1) is 6.20 Å². The molecule has 0 bridgehead atoms. The number of aryl methyl sites for hydroxylation is 2. The Hall–Kier alpha value is -1.88. The largest absolute Gasteiger partial charge is 0.382 e. The van der Waals surface area contributed by atoms with Gasteiger partial charge in [-0.3, -0.25) is 0 Å². The molecule has 0 aliphatic heterocycles. The summed E-state index contributed by atoms with van der Waals surface area (Å²) < 4.78 is 1.76. The molecule has 0 saturated carbocycles. The van der Waals surface area contributed by atoms with Gasteiger partial charge in [-0.1, -0.05) is 23.5 Å². The number of fused-ring (bicyclic) bond motifs is 2. The van der Waals surface area contributed by atoms with Crippen molar-refractivity contribution >= 4 is 22.1 Å². The zero-order valence-corrected chi connectivity index (χ0v) is 11.3. The number of benzene rings is 1. The number of nitrogens with two attached hydrogens (primary N) is 1. The summed E-state index contributed by atoms with van der Waals surface area (Å²) in [4.78, 5) is 5.10. The van der Waals surface area contributed by atoms with Gasteiger partial charge < -0.3 is 5.73 Å². The van der Waals surface area contributed by atoms with E-state index in [1.165, 1.54) is 42.4 Å². The molecule has 0 amide bonds. The molecule has 2 N–H and O–H groups in total. The Balaban J connectivity index is 1.80. The molecule has 0 spiro atoms. The van der Waals surface area contributed by atoms with Crippen LogP contribution in [0.1, 0.15) is 24.0 Å². The van der Waals surface area contributed by atoms with Gasteiger partial charge in [-0.2, -0.15) is 5.10 Å². The Morgan fingerprint density at radius 2 is 2.00 bits per heavy atom. The van der Waals surface area contributed by atoms with Crippen molar-refractivity contribution in [3.63, 3.8) is 0 Å². The van der Waals surface area contributed by atoms with E-state index in [0.717, 1.165) is 9.97 Å². The molecule has 2 aromatic heterocycles. The van der Waals surface area contributed by atoms with Crippen molar-refractivity contribution in [2.45, 2.75) is 25.7 Å². The molecule has 0 atom stereocenters. The Morgan fingerprint density at radius 1 is 1.16 bits per heavy atom. The van der Waals surface area contributed by atoms with Crippen LogP contribution in [0.3, 0.4) is 0 Å². The minimum Gasteiger partial charge on any atom is -0.382 e. The van der Waals surface area contributed by atoms with Gasteiger partial charge in [-0.25, -0.2) is 9.50 Å². The third-order valence-corrected chi connectivity index (χ3v) is 4.63. The van der Waals surface area contributed by atoms with Crippen LogP contribution in [0, 0.1) is 0 Å². The van der Waals surface area contributed by atoms with Gasteiger partial charge >= 0.3 is 0 Å². The van der Waals surface area contributed by atoms with E-state index < -0.39 is 0 Å². The second kappa shape index (κ2) is 4.06. The first-order valence-corrected chi connectivity index (χ1v) is 7.35. The Kier molecular flexibility index (Phi) is 2.35. The highest BCUT2D eigenvalue weighted by molar-refractivity contribution is 7.19. The zero-order chi connectivity index (χ0) is 12.8. The van der Waals surface area contributed by atoms with Gasteiger partial charge in [0.15, 0.2) is 0 Å². The van der Waals surface area contributed by atoms with Gasteiger partial charge in [-0.05, 0) is 42.9 Å². The first kappa shape index (κ1) is 11.0. The highest BCUT2D eigenvalue weighted by Crippen LogP contribution is 2.30. The van der Waals surface area contributed by atoms with Crippen LogP contribution in [0.2, 0.25) is 0 Å². The number of anilines is 1. The second-order valence-corrected chi connectivity index (χ2v) is 5.95. The van der Waals surface area contributed by atoms with E-state index in [0.29, 0.717) is 5.82 Å². The number of aromatic nitrogens is 3. The van der Waals surface area contributed by atoms with Crippen molar-refractivity contribution < 1.29 is 0 Å². The maximum atomic E-state index is 5.65. The summed E-state index contributed by atoms with van der Waals surface area (Å²) in [6, 6.07) is 6.71. The highest BCUT2D eigenvalue weighted by atomic mass is 32.1. The van der Waals surface area contributed by atoms with Gasteiger partial charge in [0, 0.05) is 5.56 Å². The van der Waals surface area contributed by atoms with Crippen molar-refractivity contribution in [1.82, 2.24) is 14.6 Å². The molecule has 1 aliphatic rings. The molecule has 19 heavy (non-hydrogen) atoms. The summed E-state index contributed by atoms with van der Waals surface area (Å²) in [5.41, 5.74) is 9.82. The monoisotopic (exact) mass is 270 g/mol. The van der Waals surface area contributed by atoms with E-state index in [-0.39, 0.29) is 0 Å². The SMILES string of the molecule is Nc1cn2nc(-c3ccc4c(c3)CCCC4)sc2n1. The second-order valence-electron chi connectivity index (χ2n) is 4.99. The molecule has 5 heteroatoms. The van der Waals surface area contributed by atoms with E-state index in [9.17, 15) is 0 Å². The van der Waals surface area contributed by atoms with Crippen molar-refractivity contribution in [2.75, 3.05) is 5.73 Å². The van der Waals surface area contributed by atoms with E-state index in [1.807, 2.05) is 0 Å². The fraction of sp³-hybridized carbons (Fsp3) is 0.286. The number of hydrogen-bond donors (Lipinski definition) is 1. The molecule has 3 aromatic rings. The first-order valence-electron chi connectivity index (χ1n) is 6.53. The number of hydrogen-bond acceptors (Lipinski definition) is 4. The quantitative estimate of drug-likeness (QED) is 0.739. The van der Waals surface area contributed by atoms with Crippen LogP contribution >= 0.6 is 11.3 Å². The lowest BCUT2D eigenvalue weighted by atomic mass is 9.90. The summed E-state index contributed by atoms with van der Waals surface area (Å²) >= 11 is 1.58. The van der Waals surface area contributed by atoms with Crippen LogP contribution in [0.4, 0.5) is 5.82 Å². The highest BCUT2D eigenvalue weighted by Gasteiger charge is 2.13. The number of nitrogen functional groups attached to an aromatic ring is 1. The molecule has 0 unspecified atom stereocenters. The smallest absolute Gasteiger partial charge is 0.214 e. The summed E-state index contributed by atoms with van der Waals surface area (Å²) in [6.07, 6.45) is 6.78. The lowest BCUT2D eigenvalue weighted by molar-refractivity contribution is 0.686. The minimum atomic E-state index is 0.524. The first-order chi connectivity index (χ1) is 9.29. The van der Waals surface area contributed by atoms with E-state index >= 15 is 0 Å². The molecule has 1 aliphatic carbocycles. The average molecular weight is 270 g/mol. The standard InChI is InChI=1S/C14H14N4S/c15-12-8-18-14(16-12)19-13(17-18)11-6-5-9-3-1-2-4-10(9)7-11/h5-8H,1-4,15H2. The third-order valence-electron chi connectivity index (χ3n) is 3.66. The summed E-state index contributed by atoms with van der Waals surface area (Å²) in [7, 11) is 0. The van der Waals surface area contributed by atoms with E-state index in [1.54, 1.807) is 22.0 Å². The summed E-state index contributed by atoms with van der Waals surface area (Å²) in [6.45, 7) is 0. The summed E-state index contributed by atoms with van der Waals surface area (Å²) in [5, 5.41) is 5.56. The van der Waals surface area contributed by atoms with Crippen molar-refractivity contribution in [2.24, 2.45) is 0 Å². The van der Waals surface area contributed by atoms with Crippen LogP contribution in [-0.4, -0.2) is 14.6 Å². The fourth-order valence-corrected chi connectivity index (χ4v) is 3.58. The third kappa shape index (κ3) is 1.81. The Labute approximate surface area is 114 Å². The number of imidazole rings is 1. The minimum absolute atomic E-state index is 0.524. The molecule has 0 fully saturated rings. The average Bonchev–Trinajstić information content (AvgIpc) is 2.95. The van der Waals surface area contributed by atoms with Gasteiger partial charge in [0.2, 0.25) is 4.96 Å². The van der Waals surface area contributed by atoms with Crippen LogP contribution in [0.15, 0.2) is 24.4 Å². The Morgan fingerprint density at radius 3 is 2.84 bits per heavy atom. The van der Waals surface area contributed by atoms with Crippen LogP contribution in [0.25, 0.3) is 15.5 Å². The maximum absolute atomic E-state index is 5.65. The van der Waals surface area contributed by atoms with Gasteiger partial charge in [0.1, 0.15) is 10.8 Å². The predicted octanol–water partition coefficient (Wildman–Crippen LogP) is 2.92. The lowest BCUT2D eigenvalue weighted by Gasteiger charge is -2.15. The van der Waals surface area contributed by atoms with Gasteiger partial charge in [0.25, 0.3) is 0 Å². The molecule has 0 saturated heterocycles. The van der Waals surface area contributed by atoms with Crippen LogP contribution in [0.5, 0.6) is 0 Å². The predicted molar refractivity (Wildman–Crippen MR) is 77.4 cm³/mol. The van der Waals surface area contributed by atoms with Crippen LogP contribution in [-0.2, 0) is 12.8 Å². The van der Waals surface area contributed by atoms with E-state index in [2.05, 4.69) is 28.3 Å². The number of nitrogens with zero attached hydrogens (tertiary/aromatic N) is 3. The number of rotatable bonds is 1. The molecule has 0 radical (unpaired) electrons.